The fourth-order valence-corrected chi connectivity index (χ4v) is 6.57. The normalized spacial score (nSPS) is 17.0. The van der Waals surface area contributed by atoms with Gasteiger partial charge in [-0.25, -0.2) is 0 Å². The number of benzene rings is 4. The first-order chi connectivity index (χ1) is 20.6. The Morgan fingerprint density at radius 1 is 0.667 bits per heavy atom. The molecule has 0 unspecified atom stereocenters. The van der Waals surface area contributed by atoms with Crippen LogP contribution >= 0.6 is 0 Å². The lowest BCUT2D eigenvalue weighted by atomic mass is 9.68. The summed E-state index contributed by atoms with van der Waals surface area (Å²) in [6, 6.07) is 39.5. The van der Waals surface area contributed by atoms with Crippen molar-refractivity contribution in [3.63, 3.8) is 0 Å². The van der Waals surface area contributed by atoms with Crippen molar-refractivity contribution in [2.24, 2.45) is 0 Å². The Morgan fingerprint density at radius 2 is 1.17 bits per heavy atom. The molecule has 0 atom stereocenters. The van der Waals surface area contributed by atoms with Crippen molar-refractivity contribution in [2.45, 2.75) is 24.3 Å². The van der Waals surface area contributed by atoms with Crippen LogP contribution in [0.1, 0.15) is 41.1 Å². The molecule has 4 aromatic rings. The van der Waals surface area contributed by atoms with Crippen LogP contribution in [-0.2, 0) is 19.8 Å². The van der Waals surface area contributed by atoms with Gasteiger partial charge in [0.1, 0.15) is 0 Å². The number of nitrogens with zero attached hydrogens (tertiary/aromatic N) is 3. The number of carbonyl (C=O) groups is 3. The molecule has 0 saturated carbocycles. The van der Waals surface area contributed by atoms with Crippen molar-refractivity contribution in [3.8, 4) is 0 Å². The number of piperazine rings is 1. The van der Waals surface area contributed by atoms with Gasteiger partial charge in [-0.15, -0.1) is 0 Å². The van der Waals surface area contributed by atoms with Crippen LogP contribution in [0, 0.1) is 0 Å². The van der Waals surface area contributed by atoms with Gasteiger partial charge < -0.3 is 14.7 Å². The van der Waals surface area contributed by atoms with Crippen molar-refractivity contribution in [2.75, 3.05) is 32.7 Å². The highest BCUT2D eigenvalue weighted by Gasteiger charge is 2.47. The topological polar surface area (TPSA) is 60.9 Å². The van der Waals surface area contributed by atoms with Gasteiger partial charge in [-0.2, -0.15) is 0 Å². The van der Waals surface area contributed by atoms with E-state index in [1.54, 1.807) is 9.80 Å². The highest BCUT2D eigenvalue weighted by Crippen LogP contribution is 2.41. The summed E-state index contributed by atoms with van der Waals surface area (Å²) in [6.07, 6.45) is 1.47. The van der Waals surface area contributed by atoms with E-state index < -0.39 is 5.41 Å². The molecule has 2 aliphatic rings. The Balaban J connectivity index is 1.20. The average molecular weight is 558 g/mol. The Bertz CT molecular complexity index is 1450. The molecule has 2 saturated heterocycles. The minimum Gasteiger partial charge on any atom is -0.332 e. The molecule has 6 rings (SSSR count). The average Bonchev–Trinajstić information content (AvgIpc) is 3.05. The molecule has 0 spiro atoms. The summed E-state index contributed by atoms with van der Waals surface area (Å²) in [5, 5.41) is 0. The first-order valence-electron chi connectivity index (χ1n) is 14.7. The lowest BCUT2D eigenvalue weighted by Gasteiger charge is -2.43. The second-order valence-electron chi connectivity index (χ2n) is 11.1. The van der Waals surface area contributed by atoms with Crippen molar-refractivity contribution in [1.29, 1.82) is 0 Å². The Hall–Kier alpha value is -4.71. The second-order valence-corrected chi connectivity index (χ2v) is 11.1. The highest BCUT2D eigenvalue weighted by atomic mass is 16.2. The second kappa shape index (κ2) is 12.0. The van der Waals surface area contributed by atoms with E-state index in [0.29, 0.717) is 26.1 Å². The van der Waals surface area contributed by atoms with Gasteiger partial charge in [0, 0.05) is 19.6 Å². The molecule has 0 aliphatic carbocycles. The van der Waals surface area contributed by atoms with Crippen LogP contribution in [0.25, 0.3) is 0 Å². The van der Waals surface area contributed by atoms with Gasteiger partial charge in [-0.3, -0.25) is 14.4 Å². The van der Waals surface area contributed by atoms with E-state index in [9.17, 15) is 14.4 Å². The third kappa shape index (κ3) is 5.20. The third-order valence-electron chi connectivity index (χ3n) is 8.64. The van der Waals surface area contributed by atoms with Crippen molar-refractivity contribution >= 4 is 17.7 Å². The number of rotatable bonds is 7. The molecule has 42 heavy (non-hydrogen) atoms. The Labute approximate surface area is 247 Å². The minimum absolute atomic E-state index is 0.000452. The van der Waals surface area contributed by atoms with Crippen LogP contribution in [0.5, 0.6) is 0 Å². The highest BCUT2D eigenvalue weighted by molar-refractivity contribution is 5.96. The summed E-state index contributed by atoms with van der Waals surface area (Å²) in [7, 11) is 0. The van der Waals surface area contributed by atoms with E-state index in [1.165, 1.54) is 0 Å². The van der Waals surface area contributed by atoms with E-state index in [1.807, 2.05) is 126 Å². The molecule has 4 aromatic carbocycles. The van der Waals surface area contributed by atoms with E-state index in [0.717, 1.165) is 28.7 Å². The molecular weight excluding hydrogens is 522 g/mol. The number of hydrogen-bond donors (Lipinski definition) is 0. The number of amides is 3. The smallest absolute Gasteiger partial charge is 0.243 e. The molecule has 0 radical (unpaired) electrons. The largest absolute Gasteiger partial charge is 0.332 e. The molecule has 2 heterocycles. The maximum atomic E-state index is 14.3. The minimum atomic E-state index is -0.839. The quantitative estimate of drug-likeness (QED) is 0.319. The first kappa shape index (κ1) is 27.5. The molecule has 0 aromatic heterocycles. The number of hydrogen-bond acceptors (Lipinski definition) is 3. The monoisotopic (exact) mass is 557 g/mol. The van der Waals surface area contributed by atoms with E-state index in [-0.39, 0.29) is 36.9 Å². The molecule has 2 fully saturated rings. The number of carbonyl (C=O) groups excluding carboxylic acids is 3. The molecule has 3 amide bonds. The van der Waals surface area contributed by atoms with E-state index >= 15 is 0 Å². The molecule has 0 bridgehead atoms. The number of likely N-dealkylation sites (tertiary alicyclic amines) is 1. The van der Waals surface area contributed by atoms with Crippen LogP contribution < -0.4 is 0 Å². The lowest BCUT2D eigenvalue weighted by Crippen LogP contribution is -2.58. The summed E-state index contributed by atoms with van der Waals surface area (Å²) in [5.41, 5.74) is 3.11. The summed E-state index contributed by atoms with van der Waals surface area (Å²) >= 11 is 0. The zero-order chi connectivity index (χ0) is 28.9. The fourth-order valence-electron chi connectivity index (χ4n) is 6.57. The van der Waals surface area contributed by atoms with Gasteiger partial charge in [-0.1, -0.05) is 121 Å². The molecule has 2 aliphatic heterocycles. The fraction of sp³-hybridized carbons (Fsp3) is 0.250. The molecule has 6 nitrogen and oxygen atoms in total. The standard InChI is InChI=1S/C36H35N3O3/c40-32(26-38-23-13-22-36(35(38)42,30-18-9-3-10-19-30)31-20-11-4-12-21-31)37-24-25-39(33(41)27-37)34(28-14-5-1-6-15-28)29-16-7-2-8-17-29/h1-12,14-21,34H,13,22-27H2. The maximum absolute atomic E-state index is 14.3. The van der Waals surface area contributed by atoms with Gasteiger partial charge in [0.25, 0.3) is 0 Å². The van der Waals surface area contributed by atoms with Gasteiger partial charge in [0.15, 0.2) is 0 Å². The predicted molar refractivity (Wildman–Crippen MR) is 162 cm³/mol. The summed E-state index contributed by atoms with van der Waals surface area (Å²) in [4.78, 5) is 46.6. The molecule has 6 heteroatoms. The van der Waals surface area contributed by atoms with Gasteiger partial charge in [0.2, 0.25) is 17.7 Å². The van der Waals surface area contributed by atoms with Crippen LogP contribution in [0.4, 0.5) is 0 Å². The zero-order valence-corrected chi connectivity index (χ0v) is 23.6. The van der Waals surface area contributed by atoms with Gasteiger partial charge in [-0.05, 0) is 35.1 Å². The van der Waals surface area contributed by atoms with Crippen LogP contribution in [0.2, 0.25) is 0 Å². The zero-order valence-electron chi connectivity index (χ0n) is 23.6. The molecule has 0 N–H and O–H groups in total. The van der Waals surface area contributed by atoms with Crippen LogP contribution in [0.3, 0.4) is 0 Å². The SMILES string of the molecule is O=C(CN1CCCC(c2ccccc2)(c2ccccc2)C1=O)N1CCN(C(c2ccccc2)c2ccccc2)C(=O)C1. The molecule has 212 valence electrons. The third-order valence-corrected chi connectivity index (χ3v) is 8.64. The maximum Gasteiger partial charge on any atom is 0.243 e. The Morgan fingerprint density at radius 3 is 1.67 bits per heavy atom. The predicted octanol–water partition coefficient (Wildman–Crippen LogP) is 5.06. The van der Waals surface area contributed by atoms with Crippen LogP contribution in [0.15, 0.2) is 121 Å². The summed E-state index contributed by atoms with van der Waals surface area (Å²) in [6.45, 7) is 1.33. The van der Waals surface area contributed by atoms with E-state index in [4.69, 9.17) is 0 Å². The van der Waals surface area contributed by atoms with Crippen molar-refractivity contribution in [1.82, 2.24) is 14.7 Å². The van der Waals surface area contributed by atoms with Crippen molar-refractivity contribution in [3.05, 3.63) is 144 Å². The Kier molecular flexibility index (Phi) is 7.87. The van der Waals surface area contributed by atoms with E-state index in [2.05, 4.69) is 0 Å². The van der Waals surface area contributed by atoms with Gasteiger partial charge in [0.05, 0.1) is 24.5 Å². The van der Waals surface area contributed by atoms with Gasteiger partial charge >= 0.3 is 0 Å². The summed E-state index contributed by atoms with van der Waals surface area (Å²) < 4.78 is 0. The first-order valence-corrected chi connectivity index (χ1v) is 14.7. The van der Waals surface area contributed by atoms with Crippen LogP contribution in [-0.4, -0.2) is 65.1 Å². The summed E-state index contributed by atoms with van der Waals surface area (Å²) in [5.74, 6) is -0.345. The van der Waals surface area contributed by atoms with Crippen molar-refractivity contribution < 1.29 is 14.4 Å². The number of piperidine rings is 1. The molecular formula is C36H35N3O3. The lowest BCUT2D eigenvalue weighted by molar-refractivity contribution is -0.150.